The Morgan fingerprint density at radius 2 is 1.74 bits per heavy atom. The van der Waals surface area contributed by atoms with Crippen molar-refractivity contribution >= 4 is 17.7 Å². The van der Waals surface area contributed by atoms with Gasteiger partial charge in [-0.05, 0) is 25.1 Å². The molecule has 0 unspecified atom stereocenters. The number of hydrogen-bond acceptors (Lipinski definition) is 7. The van der Waals surface area contributed by atoms with Gasteiger partial charge in [0, 0.05) is 49.7 Å². The lowest BCUT2D eigenvalue weighted by Gasteiger charge is -2.38. The maximum atomic E-state index is 13.2. The van der Waals surface area contributed by atoms with Crippen molar-refractivity contribution in [2.24, 2.45) is 0 Å². The van der Waals surface area contributed by atoms with Crippen LogP contribution in [0.1, 0.15) is 18.5 Å². The highest BCUT2D eigenvalue weighted by Gasteiger charge is 2.36. The number of piperazine rings is 1. The molecule has 35 heavy (non-hydrogen) atoms. The first kappa shape index (κ1) is 24.4. The first-order valence-electron chi connectivity index (χ1n) is 11.8. The second kappa shape index (κ2) is 11.1. The van der Waals surface area contributed by atoms with Crippen LogP contribution in [0, 0.1) is 0 Å². The zero-order chi connectivity index (χ0) is 24.8. The number of urea groups is 1. The maximum Gasteiger partial charge on any atom is 0.338 e. The largest absolute Gasteiger partial charge is 0.493 e. The predicted molar refractivity (Wildman–Crippen MR) is 133 cm³/mol. The van der Waals surface area contributed by atoms with E-state index in [0.717, 1.165) is 26.2 Å². The van der Waals surface area contributed by atoms with E-state index in [-0.39, 0.29) is 12.6 Å². The molecule has 186 valence electrons. The average Bonchev–Trinajstić information content (AvgIpc) is 2.88. The minimum Gasteiger partial charge on any atom is -0.493 e. The van der Waals surface area contributed by atoms with Gasteiger partial charge in [0.1, 0.15) is 0 Å². The normalized spacial score (nSPS) is 18.5. The highest BCUT2D eigenvalue weighted by molar-refractivity contribution is 5.95. The molecule has 2 amide bonds. The molecule has 2 heterocycles. The maximum absolute atomic E-state index is 13.2. The molecule has 0 bridgehead atoms. The summed E-state index contributed by atoms with van der Waals surface area (Å²) in [5, 5.41) is 5.74. The van der Waals surface area contributed by atoms with Crippen LogP contribution < -0.4 is 25.0 Å². The number of carbonyl (C=O) groups excluding carboxylic acids is 2. The van der Waals surface area contributed by atoms with Crippen molar-refractivity contribution in [3.63, 3.8) is 0 Å². The summed E-state index contributed by atoms with van der Waals surface area (Å²) in [7, 11) is 3.08. The Morgan fingerprint density at radius 3 is 2.40 bits per heavy atom. The lowest BCUT2D eigenvalue weighted by molar-refractivity contribution is -0.139. The summed E-state index contributed by atoms with van der Waals surface area (Å²) in [5.74, 6) is 0.493. The zero-order valence-corrected chi connectivity index (χ0v) is 20.4. The minimum absolute atomic E-state index is 0.223. The molecule has 2 aliphatic rings. The van der Waals surface area contributed by atoms with Gasteiger partial charge < -0.3 is 29.7 Å². The number of amides is 2. The molecule has 2 N–H and O–H groups in total. The lowest BCUT2D eigenvalue weighted by atomic mass is 9.93. The lowest BCUT2D eigenvalue weighted by Crippen LogP contribution is -2.51. The summed E-state index contributed by atoms with van der Waals surface area (Å²) in [6, 6.07) is 14.6. The van der Waals surface area contributed by atoms with Gasteiger partial charge in [0.05, 0.1) is 32.4 Å². The molecule has 0 saturated carbocycles. The van der Waals surface area contributed by atoms with Crippen molar-refractivity contribution < 1.29 is 23.8 Å². The molecule has 0 radical (unpaired) electrons. The van der Waals surface area contributed by atoms with E-state index in [1.165, 1.54) is 12.8 Å². The molecular weight excluding hydrogens is 448 g/mol. The molecule has 1 fully saturated rings. The van der Waals surface area contributed by atoms with Gasteiger partial charge in [0.15, 0.2) is 11.5 Å². The van der Waals surface area contributed by atoms with Crippen LogP contribution in [-0.4, -0.2) is 70.5 Å². The second-order valence-electron chi connectivity index (χ2n) is 8.33. The van der Waals surface area contributed by atoms with Crippen LogP contribution in [0.5, 0.6) is 11.5 Å². The highest BCUT2D eigenvalue weighted by atomic mass is 16.5. The molecule has 4 rings (SSSR count). The fourth-order valence-corrected chi connectivity index (χ4v) is 4.59. The number of carbonyl (C=O) groups is 2. The molecular formula is C26H32N4O5. The third-order valence-corrected chi connectivity index (χ3v) is 6.27. The van der Waals surface area contributed by atoms with E-state index in [4.69, 9.17) is 14.2 Å². The molecule has 0 aliphatic carbocycles. The Balaban J connectivity index is 1.63. The average molecular weight is 481 g/mol. The summed E-state index contributed by atoms with van der Waals surface area (Å²) < 4.78 is 16.4. The van der Waals surface area contributed by atoms with Gasteiger partial charge in [-0.2, -0.15) is 0 Å². The van der Waals surface area contributed by atoms with Crippen LogP contribution in [0.15, 0.2) is 59.8 Å². The van der Waals surface area contributed by atoms with E-state index in [1.54, 1.807) is 26.2 Å². The van der Waals surface area contributed by atoms with E-state index in [9.17, 15) is 9.59 Å². The summed E-state index contributed by atoms with van der Waals surface area (Å²) in [4.78, 5) is 30.4. The molecule has 2 aromatic carbocycles. The smallest absolute Gasteiger partial charge is 0.338 e. The van der Waals surface area contributed by atoms with Crippen molar-refractivity contribution in [1.82, 2.24) is 15.5 Å². The Morgan fingerprint density at radius 1 is 1.00 bits per heavy atom. The summed E-state index contributed by atoms with van der Waals surface area (Å²) in [5.41, 5.74) is 2.72. The van der Waals surface area contributed by atoms with Crippen LogP contribution >= 0.6 is 0 Å². The third-order valence-electron chi connectivity index (χ3n) is 6.27. The van der Waals surface area contributed by atoms with Gasteiger partial charge in [-0.25, -0.2) is 9.59 Å². The Hall–Kier alpha value is -3.72. The highest BCUT2D eigenvalue weighted by Crippen LogP contribution is 2.39. The fourth-order valence-electron chi connectivity index (χ4n) is 4.59. The van der Waals surface area contributed by atoms with Gasteiger partial charge in [0.2, 0.25) is 0 Å². The number of nitrogens with zero attached hydrogens (tertiary/aromatic N) is 2. The number of rotatable bonds is 8. The number of benzene rings is 2. The number of ether oxygens (including phenoxy) is 3. The number of esters is 1. The van der Waals surface area contributed by atoms with Crippen LogP contribution in [-0.2, 0) is 9.53 Å². The van der Waals surface area contributed by atoms with Gasteiger partial charge in [-0.3, -0.25) is 4.90 Å². The second-order valence-corrected chi connectivity index (χ2v) is 8.33. The number of methoxy groups -OCH3 is 2. The van der Waals surface area contributed by atoms with E-state index in [1.807, 2.05) is 24.3 Å². The summed E-state index contributed by atoms with van der Waals surface area (Å²) in [6.07, 6.45) is 0. The predicted octanol–water partition coefficient (Wildman–Crippen LogP) is 2.70. The monoisotopic (exact) mass is 480 g/mol. The topological polar surface area (TPSA) is 92.4 Å². The van der Waals surface area contributed by atoms with Crippen molar-refractivity contribution in [3.05, 3.63) is 65.4 Å². The third kappa shape index (κ3) is 5.35. The Labute approximate surface area is 205 Å². The van der Waals surface area contributed by atoms with Gasteiger partial charge in [-0.1, -0.05) is 30.3 Å². The molecule has 2 aliphatic heterocycles. The van der Waals surface area contributed by atoms with E-state index in [2.05, 4.69) is 32.6 Å². The molecule has 2 aromatic rings. The van der Waals surface area contributed by atoms with Gasteiger partial charge in [0.25, 0.3) is 0 Å². The minimum atomic E-state index is -0.742. The van der Waals surface area contributed by atoms with Crippen LogP contribution in [0.4, 0.5) is 10.5 Å². The van der Waals surface area contributed by atoms with E-state index >= 15 is 0 Å². The van der Waals surface area contributed by atoms with Crippen LogP contribution in [0.25, 0.3) is 0 Å². The Kier molecular flexibility index (Phi) is 7.77. The molecule has 9 heteroatoms. The number of para-hydroxylation sites is 2. The molecule has 1 atom stereocenters. The summed E-state index contributed by atoms with van der Waals surface area (Å²) in [6.45, 7) is 5.71. The zero-order valence-electron chi connectivity index (χ0n) is 20.4. The molecule has 0 spiro atoms. The number of nitrogens with one attached hydrogen (secondary N) is 2. The quantitative estimate of drug-likeness (QED) is 0.562. The fraction of sp³-hybridized carbons (Fsp3) is 0.385. The van der Waals surface area contributed by atoms with Crippen LogP contribution in [0.2, 0.25) is 0 Å². The van der Waals surface area contributed by atoms with Gasteiger partial charge in [-0.15, -0.1) is 0 Å². The molecule has 0 aromatic heterocycles. The number of anilines is 1. The molecule has 9 nitrogen and oxygen atoms in total. The first-order valence-corrected chi connectivity index (χ1v) is 11.8. The van der Waals surface area contributed by atoms with Gasteiger partial charge >= 0.3 is 12.0 Å². The van der Waals surface area contributed by atoms with Crippen molar-refractivity contribution in [1.29, 1.82) is 0 Å². The van der Waals surface area contributed by atoms with Crippen LogP contribution in [0.3, 0.4) is 0 Å². The van der Waals surface area contributed by atoms with Crippen molar-refractivity contribution in [3.8, 4) is 11.5 Å². The SMILES string of the molecule is CCOC(=O)C1=C(CN2CCN(c3ccccc3)CC2)NC(=O)N[C@H]1c1cccc(OC)c1OC. The standard InChI is InChI=1S/C26H32N4O5/c1-4-35-25(31)22-20(17-29-13-15-30(16-14-29)18-9-6-5-7-10-18)27-26(32)28-23(22)19-11-8-12-21(33-2)24(19)34-3/h5-12,23H,4,13-17H2,1-3H3,(H2,27,28,32)/t23-/m0/s1. The van der Waals surface area contributed by atoms with E-state index < -0.39 is 12.0 Å². The number of hydrogen-bond donors (Lipinski definition) is 2. The Bertz CT molecular complexity index is 1080. The van der Waals surface area contributed by atoms with E-state index in [0.29, 0.717) is 34.9 Å². The molecule has 1 saturated heterocycles. The van der Waals surface area contributed by atoms with Crippen molar-refractivity contribution in [2.45, 2.75) is 13.0 Å². The summed E-state index contributed by atoms with van der Waals surface area (Å²) >= 11 is 0. The van der Waals surface area contributed by atoms with Crippen molar-refractivity contribution in [2.75, 3.05) is 58.5 Å². The first-order chi connectivity index (χ1) is 17.0.